The molecule has 0 saturated heterocycles. The Morgan fingerprint density at radius 3 is 2.32 bits per heavy atom. The highest BCUT2D eigenvalue weighted by Crippen LogP contribution is 2.50. The van der Waals surface area contributed by atoms with Crippen molar-refractivity contribution in [1.82, 2.24) is 5.32 Å². The molecule has 7 nitrogen and oxygen atoms in total. The fourth-order valence-corrected chi connectivity index (χ4v) is 6.24. The number of hydrogen-bond donors (Lipinski definition) is 1. The van der Waals surface area contributed by atoms with Crippen LogP contribution in [0.4, 0.5) is 10.1 Å². The first-order valence-corrected chi connectivity index (χ1v) is 12.1. The molecule has 4 rings (SSSR count). The number of ether oxygens (including phenoxy) is 2. The SMILES string of the molecule is CNC1(c2ccccc2Cl)C(=O)N(S(=O)(=O)c2ccc(OC)cc2OC)c2c(F)cc(Cl)cc21. The quantitative estimate of drug-likeness (QED) is 0.516. The lowest BCUT2D eigenvalue weighted by atomic mass is 9.84. The van der Waals surface area contributed by atoms with Gasteiger partial charge in [0.2, 0.25) is 0 Å². The minimum atomic E-state index is -4.67. The number of anilines is 1. The molecule has 1 aliphatic rings. The Balaban J connectivity index is 2.06. The molecule has 3 aromatic carbocycles. The molecule has 0 spiro atoms. The van der Waals surface area contributed by atoms with Crippen molar-refractivity contribution in [2.45, 2.75) is 10.4 Å². The van der Waals surface area contributed by atoms with Gasteiger partial charge in [-0.15, -0.1) is 0 Å². The third-order valence-corrected chi connectivity index (χ3v) is 7.95. The highest BCUT2D eigenvalue weighted by atomic mass is 35.5. The first-order valence-electron chi connectivity index (χ1n) is 9.88. The van der Waals surface area contributed by atoms with Crippen molar-refractivity contribution in [3.8, 4) is 11.5 Å². The van der Waals surface area contributed by atoms with Crippen LogP contribution in [0, 0.1) is 5.82 Å². The van der Waals surface area contributed by atoms with Crippen LogP contribution in [-0.2, 0) is 20.4 Å². The molecule has 3 aromatic rings. The molecule has 1 heterocycles. The maximum atomic E-state index is 15.4. The summed E-state index contributed by atoms with van der Waals surface area (Å²) in [6.07, 6.45) is 0. The molecule has 0 fully saturated rings. The van der Waals surface area contributed by atoms with E-state index in [2.05, 4.69) is 5.32 Å². The monoisotopic (exact) mass is 524 g/mol. The second-order valence-electron chi connectivity index (χ2n) is 7.36. The molecule has 178 valence electrons. The van der Waals surface area contributed by atoms with Gasteiger partial charge >= 0.3 is 0 Å². The smallest absolute Gasteiger partial charge is 0.274 e. The lowest BCUT2D eigenvalue weighted by Crippen LogP contribution is -2.51. The fourth-order valence-electron chi connectivity index (χ4n) is 4.14. The zero-order chi connectivity index (χ0) is 24.8. The van der Waals surface area contributed by atoms with Crippen LogP contribution in [0.3, 0.4) is 0 Å². The molecule has 0 aromatic heterocycles. The van der Waals surface area contributed by atoms with E-state index in [0.29, 0.717) is 10.1 Å². The molecule has 1 N–H and O–H groups in total. The number of halogens is 3. The number of benzene rings is 3. The van der Waals surface area contributed by atoms with E-state index < -0.39 is 33.0 Å². The number of rotatable bonds is 6. The van der Waals surface area contributed by atoms with Crippen molar-refractivity contribution in [2.24, 2.45) is 0 Å². The Hall–Kier alpha value is -2.85. The van der Waals surface area contributed by atoms with Crippen LogP contribution < -0.4 is 19.1 Å². The third-order valence-electron chi connectivity index (χ3n) is 5.68. The highest BCUT2D eigenvalue weighted by Gasteiger charge is 2.57. The second kappa shape index (κ2) is 8.74. The summed E-state index contributed by atoms with van der Waals surface area (Å²) in [5.74, 6) is -1.71. The van der Waals surface area contributed by atoms with Crippen molar-refractivity contribution in [3.63, 3.8) is 0 Å². The Labute approximate surface area is 206 Å². The summed E-state index contributed by atoms with van der Waals surface area (Å²) in [6, 6.07) is 12.7. The lowest BCUT2D eigenvalue weighted by Gasteiger charge is -2.29. The van der Waals surface area contributed by atoms with E-state index in [1.165, 1.54) is 45.5 Å². The van der Waals surface area contributed by atoms with Crippen molar-refractivity contribution in [1.29, 1.82) is 0 Å². The van der Waals surface area contributed by atoms with E-state index in [4.69, 9.17) is 32.7 Å². The van der Waals surface area contributed by atoms with Crippen LogP contribution >= 0.6 is 23.2 Å². The molecule has 1 unspecified atom stereocenters. The summed E-state index contributed by atoms with van der Waals surface area (Å²) in [5, 5.41) is 3.04. The summed E-state index contributed by atoms with van der Waals surface area (Å²) in [6.45, 7) is 0. The van der Waals surface area contributed by atoms with E-state index in [9.17, 15) is 13.2 Å². The van der Waals surface area contributed by atoms with Crippen LogP contribution in [0.2, 0.25) is 10.0 Å². The van der Waals surface area contributed by atoms with Gasteiger partial charge in [0, 0.05) is 27.2 Å². The Bertz CT molecular complexity index is 1420. The molecule has 0 bridgehead atoms. The number of sulfonamides is 1. The minimum Gasteiger partial charge on any atom is -0.497 e. The van der Waals surface area contributed by atoms with Gasteiger partial charge in [-0.05, 0) is 37.4 Å². The van der Waals surface area contributed by atoms with Crippen molar-refractivity contribution < 1.29 is 27.1 Å². The first kappa shape index (κ1) is 24.3. The number of carbonyl (C=O) groups is 1. The Morgan fingerprint density at radius 1 is 1.00 bits per heavy atom. The number of amides is 1. The number of fused-ring (bicyclic) bond motifs is 1. The number of hydrogen-bond acceptors (Lipinski definition) is 6. The lowest BCUT2D eigenvalue weighted by molar-refractivity contribution is -0.121. The summed E-state index contributed by atoms with van der Waals surface area (Å²) in [7, 11) is -0.534. The predicted molar refractivity (Wildman–Crippen MR) is 127 cm³/mol. The van der Waals surface area contributed by atoms with Gasteiger partial charge in [-0.1, -0.05) is 41.4 Å². The van der Waals surface area contributed by atoms with Gasteiger partial charge in [0.15, 0.2) is 5.54 Å². The van der Waals surface area contributed by atoms with Gasteiger partial charge in [0.05, 0.1) is 14.2 Å². The second-order valence-corrected chi connectivity index (χ2v) is 9.95. The minimum absolute atomic E-state index is 0.00848. The zero-order valence-corrected chi connectivity index (χ0v) is 20.6. The topological polar surface area (TPSA) is 84.9 Å². The Kier molecular flexibility index (Phi) is 6.24. The number of nitrogens with zero attached hydrogens (tertiary/aromatic N) is 1. The van der Waals surface area contributed by atoms with Gasteiger partial charge in [-0.2, -0.15) is 4.31 Å². The first-order chi connectivity index (χ1) is 16.1. The molecule has 11 heteroatoms. The van der Waals surface area contributed by atoms with E-state index in [1.54, 1.807) is 24.3 Å². The molecule has 0 radical (unpaired) electrons. The van der Waals surface area contributed by atoms with E-state index in [1.807, 2.05) is 0 Å². The molecule has 1 aliphatic heterocycles. The number of carbonyl (C=O) groups excluding carboxylic acids is 1. The highest BCUT2D eigenvalue weighted by molar-refractivity contribution is 7.93. The van der Waals surface area contributed by atoms with Crippen molar-refractivity contribution >= 4 is 44.8 Å². The number of likely N-dealkylation sites (N-methyl/N-ethyl adjacent to an activating group) is 1. The largest absolute Gasteiger partial charge is 0.497 e. The summed E-state index contributed by atoms with van der Waals surface area (Å²) in [5.41, 5.74) is -2.03. The zero-order valence-electron chi connectivity index (χ0n) is 18.2. The fraction of sp³-hybridized carbons (Fsp3) is 0.174. The molecular formula is C23H19Cl2FN2O5S. The number of nitrogens with one attached hydrogen (secondary N) is 1. The van der Waals surface area contributed by atoms with Gasteiger partial charge in [0.25, 0.3) is 15.9 Å². The average molecular weight is 525 g/mol. The predicted octanol–water partition coefficient (Wildman–Crippen LogP) is 4.35. The molecule has 1 atom stereocenters. The van der Waals surface area contributed by atoms with Crippen LogP contribution in [0.1, 0.15) is 11.1 Å². The summed E-state index contributed by atoms with van der Waals surface area (Å²) >= 11 is 12.6. The standard InChI is InChI=1S/C23H19Cl2FN2O5S/c1-27-23(15-6-4-5-7-17(15)25)16-10-13(24)11-18(26)21(16)28(22(23)29)34(30,31)20-9-8-14(32-2)12-19(20)33-3/h4-12,27H,1-3H3. The normalized spacial score (nSPS) is 17.6. The van der Waals surface area contributed by atoms with Crippen LogP contribution in [-0.4, -0.2) is 35.6 Å². The van der Waals surface area contributed by atoms with Gasteiger partial charge in [-0.25, -0.2) is 12.8 Å². The van der Waals surface area contributed by atoms with Gasteiger partial charge in [0.1, 0.15) is 27.9 Å². The Morgan fingerprint density at radius 2 is 1.71 bits per heavy atom. The van der Waals surface area contributed by atoms with E-state index in [-0.39, 0.29) is 31.8 Å². The van der Waals surface area contributed by atoms with E-state index >= 15 is 4.39 Å². The van der Waals surface area contributed by atoms with Crippen molar-refractivity contribution in [3.05, 3.63) is 81.6 Å². The molecule has 1 amide bonds. The van der Waals surface area contributed by atoms with E-state index in [0.717, 1.165) is 6.07 Å². The summed E-state index contributed by atoms with van der Waals surface area (Å²) in [4.78, 5) is 13.7. The third kappa shape index (κ3) is 3.42. The summed E-state index contributed by atoms with van der Waals surface area (Å²) < 4.78 is 53.9. The van der Waals surface area contributed by atoms with Gasteiger partial charge < -0.3 is 9.47 Å². The van der Waals surface area contributed by atoms with Crippen LogP contribution in [0.25, 0.3) is 0 Å². The maximum absolute atomic E-state index is 15.4. The molecule has 34 heavy (non-hydrogen) atoms. The van der Waals surface area contributed by atoms with Crippen LogP contribution in [0.15, 0.2) is 59.5 Å². The van der Waals surface area contributed by atoms with Gasteiger partial charge in [-0.3, -0.25) is 10.1 Å². The number of methoxy groups -OCH3 is 2. The van der Waals surface area contributed by atoms with Crippen LogP contribution in [0.5, 0.6) is 11.5 Å². The average Bonchev–Trinajstić information content (AvgIpc) is 3.08. The maximum Gasteiger partial charge on any atom is 0.274 e. The molecular weight excluding hydrogens is 506 g/mol. The molecule has 0 saturated carbocycles. The van der Waals surface area contributed by atoms with Crippen molar-refractivity contribution in [2.75, 3.05) is 25.6 Å². The molecule has 0 aliphatic carbocycles.